The number of aliphatic hydroxyl groups is 1. The molecule has 0 aliphatic carbocycles. The highest BCUT2D eigenvalue weighted by molar-refractivity contribution is 5.43. The van der Waals surface area contributed by atoms with E-state index in [4.69, 9.17) is 14.6 Å². The molecule has 1 aromatic rings. The molecule has 18 heavy (non-hydrogen) atoms. The van der Waals surface area contributed by atoms with Gasteiger partial charge in [-0.05, 0) is 37.0 Å². The van der Waals surface area contributed by atoms with Crippen molar-refractivity contribution in [3.63, 3.8) is 0 Å². The lowest BCUT2D eigenvalue weighted by Crippen LogP contribution is -2.09. The third kappa shape index (κ3) is 4.67. The summed E-state index contributed by atoms with van der Waals surface area (Å²) < 4.78 is 11.2. The van der Waals surface area contributed by atoms with E-state index >= 15 is 0 Å². The van der Waals surface area contributed by atoms with Gasteiger partial charge in [-0.1, -0.05) is 25.5 Å². The molecule has 1 aromatic carbocycles. The smallest absolute Gasteiger partial charge is 0.125 e. The molecule has 3 nitrogen and oxygen atoms in total. The molecule has 0 radical (unpaired) electrons. The SMILES string of the molecule is CCCCOCCOc1c(C)cc(CO)cc1C. The summed E-state index contributed by atoms with van der Waals surface area (Å²) in [7, 11) is 0. The molecule has 0 aromatic heterocycles. The third-order valence-corrected chi connectivity index (χ3v) is 2.82. The Morgan fingerprint density at radius 2 is 1.72 bits per heavy atom. The van der Waals surface area contributed by atoms with E-state index in [-0.39, 0.29) is 6.61 Å². The molecular weight excluding hydrogens is 228 g/mol. The largest absolute Gasteiger partial charge is 0.491 e. The second-order valence-electron chi connectivity index (χ2n) is 4.53. The topological polar surface area (TPSA) is 38.7 Å². The van der Waals surface area contributed by atoms with E-state index in [1.807, 2.05) is 26.0 Å². The average molecular weight is 252 g/mol. The van der Waals surface area contributed by atoms with Gasteiger partial charge in [0, 0.05) is 6.61 Å². The Morgan fingerprint density at radius 3 is 2.28 bits per heavy atom. The summed E-state index contributed by atoms with van der Waals surface area (Å²) in [5.74, 6) is 0.909. The van der Waals surface area contributed by atoms with E-state index in [0.29, 0.717) is 13.2 Å². The normalized spacial score (nSPS) is 10.7. The Morgan fingerprint density at radius 1 is 1.06 bits per heavy atom. The fourth-order valence-electron chi connectivity index (χ4n) is 1.91. The number of rotatable bonds is 8. The third-order valence-electron chi connectivity index (χ3n) is 2.82. The first-order valence-corrected chi connectivity index (χ1v) is 6.60. The van der Waals surface area contributed by atoms with Crippen molar-refractivity contribution in [2.75, 3.05) is 19.8 Å². The van der Waals surface area contributed by atoms with E-state index < -0.39 is 0 Å². The minimum absolute atomic E-state index is 0.0715. The summed E-state index contributed by atoms with van der Waals surface area (Å²) in [5.41, 5.74) is 3.05. The van der Waals surface area contributed by atoms with Crippen LogP contribution in [0.15, 0.2) is 12.1 Å². The molecule has 0 saturated carbocycles. The van der Waals surface area contributed by atoms with Gasteiger partial charge in [0.15, 0.2) is 0 Å². The van der Waals surface area contributed by atoms with Gasteiger partial charge >= 0.3 is 0 Å². The zero-order valence-electron chi connectivity index (χ0n) is 11.7. The molecule has 3 heteroatoms. The number of unbranched alkanes of at least 4 members (excludes halogenated alkanes) is 1. The highest BCUT2D eigenvalue weighted by Crippen LogP contribution is 2.24. The maximum absolute atomic E-state index is 9.11. The van der Waals surface area contributed by atoms with E-state index in [1.54, 1.807) is 0 Å². The molecule has 0 amide bonds. The standard InChI is InChI=1S/C15H24O3/c1-4-5-6-17-7-8-18-15-12(2)9-14(11-16)10-13(15)3/h9-10,16H,4-8,11H2,1-3H3. The van der Waals surface area contributed by atoms with E-state index in [2.05, 4.69) is 6.92 Å². The van der Waals surface area contributed by atoms with Gasteiger partial charge in [-0.15, -0.1) is 0 Å². The maximum Gasteiger partial charge on any atom is 0.125 e. The molecule has 1 rings (SSSR count). The number of benzene rings is 1. The van der Waals surface area contributed by atoms with Crippen LogP contribution >= 0.6 is 0 Å². The van der Waals surface area contributed by atoms with Gasteiger partial charge in [-0.2, -0.15) is 0 Å². The van der Waals surface area contributed by atoms with E-state index in [0.717, 1.165) is 41.9 Å². The van der Waals surface area contributed by atoms with Crippen molar-refractivity contribution in [3.8, 4) is 5.75 Å². The molecule has 0 fully saturated rings. The number of aryl methyl sites for hydroxylation is 2. The van der Waals surface area contributed by atoms with Crippen LogP contribution in [0.2, 0.25) is 0 Å². The van der Waals surface area contributed by atoms with Crippen molar-refractivity contribution in [2.45, 2.75) is 40.2 Å². The van der Waals surface area contributed by atoms with Crippen molar-refractivity contribution < 1.29 is 14.6 Å². The summed E-state index contributed by atoms with van der Waals surface area (Å²) >= 11 is 0. The van der Waals surface area contributed by atoms with Gasteiger partial charge in [0.05, 0.1) is 13.2 Å². The van der Waals surface area contributed by atoms with Crippen LogP contribution in [-0.4, -0.2) is 24.9 Å². The minimum atomic E-state index is 0.0715. The Kier molecular flexibility index (Phi) is 6.76. The van der Waals surface area contributed by atoms with Crippen LogP contribution in [0.1, 0.15) is 36.5 Å². The minimum Gasteiger partial charge on any atom is -0.491 e. The van der Waals surface area contributed by atoms with Gasteiger partial charge in [0.25, 0.3) is 0 Å². The quantitative estimate of drug-likeness (QED) is 0.723. The summed E-state index contributed by atoms with van der Waals surface area (Å²) in [6, 6.07) is 3.92. The van der Waals surface area contributed by atoms with Crippen molar-refractivity contribution >= 4 is 0 Å². The second kappa shape index (κ2) is 8.11. The molecule has 0 atom stereocenters. The first-order valence-electron chi connectivity index (χ1n) is 6.60. The van der Waals surface area contributed by atoms with Gasteiger partial charge in [-0.25, -0.2) is 0 Å². The second-order valence-corrected chi connectivity index (χ2v) is 4.53. The molecule has 0 saturated heterocycles. The van der Waals surface area contributed by atoms with Crippen LogP contribution in [0.25, 0.3) is 0 Å². The lowest BCUT2D eigenvalue weighted by Gasteiger charge is -2.13. The summed E-state index contributed by atoms with van der Waals surface area (Å²) in [6.45, 7) is 8.22. The van der Waals surface area contributed by atoms with Crippen LogP contribution in [0.5, 0.6) is 5.75 Å². The van der Waals surface area contributed by atoms with Crippen molar-refractivity contribution in [1.82, 2.24) is 0 Å². The molecule has 0 aliphatic heterocycles. The molecule has 1 N–H and O–H groups in total. The Hall–Kier alpha value is -1.06. The first-order chi connectivity index (χ1) is 8.69. The number of hydrogen-bond donors (Lipinski definition) is 1. The lowest BCUT2D eigenvalue weighted by atomic mass is 10.1. The van der Waals surface area contributed by atoms with E-state index in [1.165, 1.54) is 0 Å². The molecule has 102 valence electrons. The van der Waals surface area contributed by atoms with Gasteiger partial charge in [0.1, 0.15) is 12.4 Å². The fourth-order valence-corrected chi connectivity index (χ4v) is 1.91. The van der Waals surface area contributed by atoms with Crippen molar-refractivity contribution in [1.29, 1.82) is 0 Å². The predicted octanol–water partition coefficient (Wildman–Crippen LogP) is 2.99. The van der Waals surface area contributed by atoms with Gasteiger partial charge in [-0.3, -0.25) is 0 Å². The highest BCUT2D eigenvalue weighted by Gasteiger charge is 2.06. The number of aliphatic hydroxyl groups excluding tert-OH is 1. The van der Waals surface area contributed by atoms with Crippen molar-refractivity contribution in [3.05, 3.63) is 28.8 Å². The first kappa shape index (κ1) is 15.0. The monoisotopic (exact) mass is 252 g/mol. The Bertz CT molecular complexity index is 338. The molecule has 0 unspecified atom stereocenters. The van der Waals surface area contributed by atoms with E-state index in [9.17, 15) is 0 Å². The number of ether oxygens (including phenoxy) is 2. The molecular formula is C15H24O3. The predicted molar refractivity (Wildman–Crippen MR) is 73.1 cm³/mol. The molecule has 0 bridgehead atoms. The Labute approximate surface area is 110 Å². The fraction of sp³-hybridized carbons (Fsp3) is 0.600. The number of hydrogen-bond acceptors (Lipinski definition) is 3. The molecule has 0 heterocycles. The van der Waals surface area contributed by atoms with Crippen molar-refractivity contribution in [2.24, 2.45) is 0 Å². The summed E-state index contributed by atoms with van der Waals surface area (Å²) in [6.07, 6.45) is 2.25. The zero-order valence-corrected chi connectivity index (χ0v) is 11.7. The lowest BCUT2D eigenvalue weighted by molar-refractivity contribution is 0.0976. The van der Waals surface area contributed by atoms with Crippen LogP contribution in [0.4, 0.5) is 0 Å². The van der Waals surface area contributed by atoms with Crippen LogP contribution < -0.4 is 4.74 Å². The molecule has 0 spiro atoms. The van der Waals surface area contributed by atoms with Crippen LogP contribution in [0.3, 0.4) is 0 Å². The zero-order chi connectivity index (χ0) is 13.4. The molecule has 0 aliphatic rings. The summed E-state index contributed by atoms with van der Waals surface area (Å²) in [5, 5.41) is 9.11. The summed E-state index contributed by atoms with van der Waals surface area (Å²) in [4.78, 5) is 0. The van der Waals surface area contributed by atoms with Crippen LogP contribution in [-0.2, 0) is 11.3 Å². The Balaban J connectivity index is 2.42. The average Bonchev–Trinajstić information content (AvgIpc) is 2.35. The maximum atomic E-state index is 9.11. The van der Waals surface area contributed by atoms with Crippen LogP contribution in [0, 0.1) is 13.8 Å². The van der Waals surface area contributed by atoms with Gasteiger partial charge in [0.2, 0.25) is 0 Å². The highest BCUT2D eigenvalue weighted by atomic mass is 16.5. The van der Waals surface area contributed by atoms with Gasteiger partial charge < -0.3 is 14.6 Å².